The molecule has 5 heteroatoms. The molecule has 0 unspecified atom stereocenters. The molecule has 2 N–H and O–H groups in total. The molecule has 2 atom stereocenters. The summed E-state index contributed by atoms with van der Waals surface area (Å²) in [7, 11) is 0. The molecular weight excluding hydrogens is 398 g/mol. The third-order valence-electron chi connectivity index (χ3n) is 7.02. The normalized spacial score (nSPS) is 21.5. The number of carbonyl (C=O) groups is 1. The lowest BCUT2D eigenvalue weighted by atomic mass is 9.93. The number of hydrogen-bond donors (Lipinski definition) is 1. The van der Waals surface area contributed by atoms with Gasteiger partial charge in [0.15, 0.2) is 0 Å². The van der Waals surface area contributed by atoms with Gasteiger partial charge in [0.1, 0.15) is 0 Å². The Bertz CT molecular complexity index is 1120. The van der Waals surface area contributed by atoms with Gasteiger partial charge in [0, 0.05) is 48.9 Å². The molecule has 5 nitrogen and oxygen atoms in total. The average molecular weight is 430 g/mol. The lowest BCUT2D eigenvalue weighted by Gasteiger charge is -2.42. The smallest absolute Gasteiger partial charge is 0.248 e. The summed E-state index contributed by atoms with van der Waals surface area (Å²) in [5, 5.41) is 2.63. The predicted octanol–water partition coefficient (Wildman–Crippen LogP) is 4.15. The summed E-state index contributed by atoms with van der Waals surface area (Å²) >= 11 is 0. The van der Waals surface area contributed by atoms with E-state index >= 15 is 0 Å². The lowest BCUT2D eigenvalue weighted by Crippen LogP contribution is -2.52. The van der Waals surface area contributed by atoms with Gasteiger partial charge in [-0.3, -0.25) is 9.69 Å². The van der Waals surface area contributed by atoms with Crippen LogP contribution in [0.2, 0.25) is 0 Å². The van der Waals surface area contributed by atoms with Crippen LogP contribution < -0.4 is 10.6 Å². The van der Waals surface area contributed by atoms with Crippen LogP contribution >= 0.6 is 0 Å². The fourth-order valence-electron chi connectivity index (χ4n) is 5.24. The molecule has 0 spiro atoms. The number of primary amides is 1. The van der Waals surface area contributed by atoms with Gasteiger partial charge in [0.2, 0.25) is 5.91 Å². The van der Waals surface area contributed by atoms with Crippen LogP contribution in [0.5, 0.6) is 0 Å². The summed E-state index contributed by atoms with van der Waals surface area (Å²) in [6.07, 6.45) is 1.89. The number of nitrogens with zero attached hydrogens (tertiary/aromatic N) is 2. The van der Waals surface area contributed by atoms with Crippen molar-refractivity contribution in [3.05, 3.63) is 77.4 Å². The SMILES string of the molecule is C[C@H]1CN(c2cccc3ccccc23)CCN1CC[C@@H]1OCCc2cc(C(N)=O)ccc21. The first kappa shape index (κ1) is 21.0. The summed E-state index contributed by atoms with van der Waals surface area (Å²) in [6, 6.07) is 21.5. The maximum Gasteiger partial charge on any atom is 0.248 e. The minimum absolute atomic E-state index is 0.0870. The van der Waals surface area contributed by atoms with Crippen molar-refractivity contribution in [3.63, 3.8) is 0 Å². The Morgan fingerprint density at radius 1 is 1.09 bits per heavy atom. The molecule has 0 saturated carbocycles. The predicted molar refractivity (Wildman–Crippen MR) is 129 cm³/mol. The number of nitrogens with two attached hydrogens (primary N) is 1. The van der Waals surface area contributed by atoms with Crippen molar-refractivity contribution >= 4 is 22.4 Å². The molecule has 2 aliphatic rings. The second-order valence-electron chi connectivity index (χ2n) is 9.01. The Balaban J connectivity index is 1.24. The minimum atomic E-state index is -0.367. The molecule has 1 fully saturated rings. The number of amides is 1. The van der Waals surface area contributed by atoms with E-state index in [1.165, 1.54) is 27.6 Å². The molecule has 3 aromatic rings. The van der Waals surface area contributed by atoms with E-state index in [1.807, 2.05) is 18.2 Å². The van der Waals surface area contributed by atoms with E-state index in [2.05, 4.69) is 59.2 Å². The van der Waals surface area contributed by atoms with Gasteiger partial charge in [-0.25, -0.2) is 0 Å². The van der Waals surface area contributed by atoms with Gasteiger partial charge in [-0.15, -0.1) is 0 Å². The highest BCUT2D eigenvalue weighted by Gasteiger charge is 2.27. The molecule has 32 heavy (non-hydrogen) atoms. The van der Waals surface area contributed by atoms with Crippen LogP contribution in [-0.2, 0) is 11.2 Å². The summed E-state index contributed by atoms with van der Waals surface area (Å²) in [5.74, 6) is -0.367. The van der Waals surface area contributed by atoms with Crippen molar-refractivity contribution in [1.82, 2.24) is 4.90 Å². The Hall–Kier alpha value is -2.89. The van der Waals surface area contributed by atoms with Gasteiger partial charge in [-0.2, -0.15) is 0 Å². The lowest BCUT2D eigenvalue weighted by molar-refractivity contribution is 0.0255. The number of piperazine rings is 1. The molecule has 5 rings (SSSR count). The van der Waals surface area contributed by atoms with E-state index in [4.69, 9.17) is 10.5 Å². The molecule has 3 aromatic carbocycles. The molecule has 166 valence electrons. The maximum absolute atomic E-state index is 11.5. The number of ether oxygens (including phenoxy) is 1. The summed E-state index contributed by atoms with van der Waals surface area (Å²) in [6.45, 7) is 7.13. The number of benzene rings is 3. The van der Waals surface area contributed by atoms with E-state index < -0.39 is 0 Å². The van der Waals surface area contributed by atoms with Crippen molar-refractivity contribution in [3.8, 4) is 0 Å². The van der Waals surface area contributed by atoms with Gasteiger partial charge in [0.05, 0.1) is 12.7 Å². The zero-order valence-electron chi connectivity index (χ0n) is 18.7. The molecule has 2 aliphatic heterocycles. The number of fused-ring (bicyclic) bond motifs is 2. The topological polar surface area (TPSA) is 58.8 Å². The summed E-state index contributed by atoms with van der Waals surface area (Å²) < 4.78 is 6.12. The molecular formula is C27H31N3O2. The van der Waals surface area contributed by atoms with Crippen LogP contribution in [-0.4, -0.2) is 49.6 Å². The van der Waals surface area contributed by atoms with E-state index in [-0.39, 0.29) is 12.0 Å². The minimum Gasteiger partial charge on any atom is -0.373 e. The average Bonchev–Trinajstić information content (AvgIpc) is 2.82. The van der Waals surface area contributed by atoms with Gasteiger partial charge < -0.3 is 15.4 Å². The van der Waals surface area contributed by atoms with Crippen LogP contribution in [0.4, 0.5) is 5.69 Å². The monoisotopic (exact) mass is 429 g/mol. The largest absolute Gasteiger partial charge is 0.373 e. The maximum atomic E-state index is 11.5. The standard InChI is InChI=1S/C27H31N3O2/c1-19-18-30(25-8-4-6-20-5-2-3-7-23(20)25)15-14-29(19)13-11-26-24-10-9-22(27(28)31)17-21(24)12-16-32-26/h2-10,17,19,26H,11-16,18H2,1H3,(H2,28,31)/t19-,26-/m0/s1. The third kappa shape index (κ3) is 4.10. The van der Waals surface area contributed by atoms with E-state index in [0.717, 1.165) is 39.0 Å². The fraction of sp³-hybridized carbons (Fsp3) is 0.370. The number of hydrogen-bond acceptors (Lipinski definition) is 4. The Morgan fingerprint density at radius 2 is 1.94 bits per heavy atom. The number of rotatable bonds is 5. The van der Waals surface area contributed by atoms with E-state index in [9.17, 15) is 4.79 Å². The van der Waals surface area contributed by atoms with Crippen LogP contribution in [0, 0.1) is 0 Å². The molecule has 0 aliphatic carbocycles. The highest BCUT2D eigenvalue weighted by Crippen LogP contribution is 2.32. The van der Waals surface area contributed by atoms with E-state index in [1.54, 1.807) is 0 Å². The third-order valence-corrected chi connectivity index (χ3v) is 7.02. The van der Waals surface area contributed by atoms with Crippen LogP contribution in [0.3, 0.4) is 0 Å². The second kappa shape index (κ2) is 8.93. The molecule has 0 bridgehead atoms. The van der Waals surface area contributed by atoms with Crippen LogP contribution in [0.15, 0.2) is 60.7 Å². The first-order valence-electron chi connectivity index (χ1n) is 11.6. The first-order chi connectivity index (χ1) is 15.6. The van der Waals surface area contributed by atoms with Gasteiger partial charge in [-0.1, -0.05) is 42.5 Å². The Labute approximate surface area is 189 Å². The first-order valence-corrected chi connectivity index (χ1v) is 11.6. The Kier molecular flexibility index (Phi) is 5.85. The van der Waals surface area contributed by atoms with Crippen molar-refractivity contribution < 1.29 is 9.53 Å². The summed E-state index contributed by atoms with van der Waals surface area (Å²) in [5.41, 5.74) is 9.79. The van der Waals surface area contributed by atoms with Gasteiger partial charge in [-0.05, 0) is 54.5 Å². The van der Waals surface area contributed by atoms with Crippen LogP contribution in [0.1, 0.15) is 40.9 Å². The quantitative estimate of drug-likeness (QED) is 0.662. The van der Waals surface area contributed by atoms with Crippen LogP contribution in [0.25, 0.3) is 10.8 Å². The fourth-order valence-corrected chi connectivity index (χ4v) is 5.24. The van der Waals surface area contributed by atoms with Gasteiger partial charge >= 0.3 is 0 Å². The van der Waals surface area contributed by atoms with E-state index in [0.29, 0.717) is 18.2 Å². The highest BCUT2D eigenvalue weighted by atomic mass is 16.5. The van der Waals surface area contributed by atoms with Crippen molar-refractivity contribution in [1.29, 1.82) is 0 Å². The second-order valence-corrected chi connectivity index (χ2v) is 9.01. The van der Waals surface area contributed by atoms with Crippen molar-refractivity contribution in [2.45, 2.75) is 31.9 Å². The Morgan fingerprint density at radius 3 is 2.78 bits per heavy atom. The van der Waals surface area contributed by atoms with Gasteiger partial charge in [0.25, 0.3) is 0 Å². The molecule has 0 radical (unpaired) electrons. The van der Waals surface area contributed by atoms with Crippen molar-refractivity contribution in [2.75, 3.05) is 37.7 Å². The zero-order valence-corrected chi connectivity index (χ0v) is 18.7. The number of carbonyl (C=O) groups excluding carboxylic acids is 1. The molecule has 0 aromatic heterocycles. The summed E-state index contributed by atoms with van der Waals surface area (Å²) in [4.78, 5) is 16.6. The zero-order chi connectivity index (χ0) is 22.1. The number of anilines is 1. The molecule has 2 heterocycles. The molecule has 1 amide bonds. The van der Waals surface area contributed by atoms with Crippen molar-refractivity contribution in [2.24, 2.45) is 5.73 Å². The molecule has 1 saturated heterocycles. The highest BCUT2D eigenvalue weighted by molar-refractivity contribution is 5.94.